The van der Waals surface area contributed by atoms with Gasteiger partial charge in [-0.15, -0.1) is 11.6 Å². The molecule has 0 amide bonds. The van der Waals surface area contributed by atoms with Crippen molar-refractivity contribution in [1.29, 1.82) is 0 Å². The van der Waals surface area contributed by atoms with Crippen molar-refractivity contribution < 1.29 is 0 Å². The number of rotatable bonds is 4. The fraction of sp³-hybridized carbons (Fsp3) is 0.556. The van der Waals surface area contributed by atoms with Gasteiger partial charge in [0.2, 0.25) is 0 Å². The lowest BCUT2D eigenvalue weighted by Gasteiger charge is -2.11. The first-order chi connectivity index (χ1) is 6.26. The highest BCUT2D eigenvalue weighted by Crippen LogP contribution is 2.06. The summed E-state index contributed by atoms with van der Waals surface area (Å²) in [5.41, 5.74) is 0.801. The predicted molar refractivity (Wildman–Crippen MR) is 55.0 cm³/mol. The van der Waals surface area contributed by atoms with Crippen LogP contribution in [0.15, 0.2) is 12.4 Å². The average molecular weight is 200 g/mol. The number of hydrogen-bond acceptors (Lipinski definition) is 3. The molecule has 1 aromatic heterocycles. The van der Waals surface area contributed by atoms with E-state index in [1.807, 2.05) is 0 Å². The standard InChI is InChI=1S/C9H14ClN3/c1-3-7(2)12-9-6-11-5-8(4-10)13-9/h5-7H,3-4H2,1-2H3,(H,12,13). The minimum atomic E-state index is 0.406. The molecule has 72 valence electrons. The zero-order valence-corrected chi connectivity index (χ0v) is 8.67. The highest BCUT2D eigenvalue weighted by Gasteiger charge is 2.00. The van der Waals surface area contributed by atoms with E-state index in [2.05, 4.69) is 29.1 Å². The summed E-state index contributed by atoms with van der Waals surface area (Å²) < 4.78 is 0. The number of alkyl halides is 1. The Kier molecular flexibility index (Phi) is 3.96. The first kappa shape index (κ1) is 10.3. The molecule has 1 N–H and O–H groups in total. The summed E-state index contributed by atoms with van der Waals surface area (Å²) >= 11 is 5.64. The van der Waals surface area contributed by atoms with Crippen LogP contribution in [0.4, 0.5) is 5.82 Å². The summed E-state index contributed by atoms with van der Waals surface area (Å²) in [6, 6.07) is 0.417. The maximum absolute atomic E-state index is 5.64. The lowest BCUT2D eigenvalue weighted by atomic mass is 10.3. The Morgan fingerprint density at radius 3 is 2.92 bits per heavy atom. The van der Waals surface area contributed by atoms with E-state index in [4.69, 9.17) is 11.6 Å². The molecule has 0 fully saturated rings. The molecular formula is C9H14ClN3. The van der Waals surface area contributed by atoms with Gasteiger partial charge >= 0.3 is 0 Å². The van der Waals surface area contributed by atoms with E-state index >= 15 is 0 Å². The van der Waals surface area contributed by atoms with E-state index in [9.17, 15) is 0 Å². The lowest BCUT2D eigenvalue weighted by molar-refractivity contribution is 0.757. The molecule has 0 aliphatic heterocycles. The monoisotopic (exact) mass is 199 g/mol. The third kappa shape index (κ3) is 3.19. The Balaban J connectivity index is 2.66. The number of halogens is 1. The van der Waals surface area contributed by atoms with Crippen LogP contribution in [0, 0.1) is 0 Å². The van der Waals surface area contributed by atoms with E-state index < -0.39 is 0 Å². The molecule has 1 atom stereocenters. The normalized spacial score (nSPS) is 12.5. The fourth-order valence-corrected chi connectivity index (χ4v) is 1.02. The Morgan fingerprint density at radius 1 is 1.54 bits per heavy atom. The first-order valence-corrected chi connectivity index (χ1v) is 4.93. The number of nitrogens with one attached hydrogen (secondary N) is 1. The number of anilines is 1. The van der Waals surface area contributed by atoms with Crippen LogP contribution in [0.3, 0.4) is 0 Å². The Labute approximate surface area is 83.5 Å². The van der Waals surface area contributed by atoms with Crippen molar-refractivity contribution >= 4 is 17.4 Å². The first-order valence-electron chi connectivity index (χ1n) is 4.39. The minimum absolute atomic E-state index is 0.406. The summed E-state index contributed by atoms with van der Waals surface area (Å²) in [7, 11) is 0. The molecule has 4 heteroatoms. The van der Waals surface area contributed by atoms with Crippen LogP contribution in [-0.2, 0) is 5.88 Å². The molecule has 1 unspecified atom stereocenters. The van der Waals surface area contributed by atoms with Crippen LogP contribution in [-0.4, -0.2) is 16.0 Å². The zero-order valence-electron chi connectivity index (χ0n) is 7.92. The van der Waals surface area contributed by atoms with Crippen molar-refractivity contribution in [3.05, 3.63) is 18.1 Å². The molecule has 3 nitrogen and oxygen atoms in total. The van der Waals surface area contributed by atoms with Gasteiger partial charge in [0.25, 0.3) is 0 Å². The molecule has 0 radical (unpaired) electrons. The summed E-state index contributed by atoms with van der Waals surface area (Å²) in [4.78, 5) is 8.31. The SMILES string of the molecule is CCC(C)Nc1cncc(CCl)n1. The number of nitrogens with zero attached hydrogens (tertiary/aromatic N) is 2. The van der Waals surface area contributed by atoms with Crippen molar-refractivity contribution in [1.82, 2.24) is 9.97 Å². The molecule has 0 spiro atoms. The van der Waals surface area contributed by atoms with Gasteiger partial charge in [-0.1, -0.05) is 6.92 Å². The van der Waals surface area contributed by atoms with Gasteiger partial charge in [-0.25, -0.2) is 4.98 Å². The van der Waals surface area contributed by atoms with E-state index in [-0.39, 0.29) is 0 Å². The van der Waals surface area contributed by atoms with Crippen molar-refractivity contribution in [2.45, 2.75) is 32.2 Å². The van der Waals surface area contributed by atoms with Crippen molar-refractivity contribution in [2.75, 3.05) is 5.32 Å². The molecule has 0 aliphatic rings. The van der Waals surface area contributed by atoms with Crippen LogP contribution < -0.4 is 5.32 Å². The quantitative estimate of drug-likeness (QED) is 0.757. The van der Waals surface area contributed by atoms with Gasteiger partial charge < -0.3 is 5.32 Å². The molecule has 1 rings (SSSR count). The highest BCUT2D eigenvalue weighted by atomic mass is 35.5. The summed E-state index contributed by atoms with van der Waals surface area (Å²) in [6.07, 6.45) is 4.45. The largest absolute Gasteiger partial charge is 0.366 e. The fourth-order valence-electron chi connectivity index (χ4n) is 0.895. The molecule has 1 aromatic rings. The molecule has 0 saturated heterocycles. The van der Waals surface area contributed by atoms with Crippen molar-refractivity contribution in [3.8, 4) is 0 Å². The predicted octanol–water partition coefficient (Wildman–Crippen LogP) is 2.43. The molecule has 0 bridgehead atoms. The van der Waals surface area contributed by atoms with Gasteiger partial charge in [-0.2, -0.15) is 0 Å². The maximum atomic E-state index is 5.64. The summed E-state index contributed by atoms with van der Waals surface area (Å²) in [6.45, 7) is 4.23. The summed E-state index contributed by atoms with van der Waals surface area (Å²) in [5.74, 6) is 1.20. The molecule has 1 heterocycles. The smallest absolute Gasteiger partial charge is 0.145 e. The van der Waals surface area contributed by atoms with E-state index in [0.29, 0.717) is 11.9 Å². The minimum Gasteiger partial charge on any atom is -0.366 e. The maximum Gasteiger partial charge on any atom is 0.145 e. The van der Waals surface area contributed by atoms with Crippen LogP contribution in [0.5, 0.6) is 0 Å². The van der Waals surface area contributed by atoms with Gasteiger partial charge in [-0.05, 0) is 13.3 Å². The Hall–Kier alpha value is -0.830. The van der Waals surface area contributed by atoms with Gasteiger partial charge in [0.1, 0.15) is 5.82 Å². The van der Waals surface area contributed by atoms with Crippen LogP contribution in [0.2, 0.25) is 0 Å². The van der Waals surface area contributed by atoms with E-state index in [0.717, 1.165) is 17.9 Å². The highest BCUT2D eigenvalue weighted by molar-refractivity contribution is 6.16. The third-order valence-electron chi connectivity index (χ3n) is 1.83. The number of aromatic nitrogens is 2. The van der Waals surface area contributed by atoms with Gasteiger partial charge in [-0.3, -0.25) is 4.98 Å². The third-order valence-corrected chi connectivity index (χ3v) is 2.10. The number of hydrogen-bond donors (Lipinski definition) is 1. The van der Waals surface area contributed by atoms with E-state index in [1.54, 1.807) is 12.4 Å². The topological polar surface area (TPSA) is 37.8 Å². The van der Waals surface area contributed by atoms with E-state index in [1.165, 1.54) is 0 Å². The molecule has 0 aromatic carbocycles. The van der Waals surface area contributed by atoms with Crippen LogP contribution in [0.1, 0.15) is 26.0 Å². The average Bonchev–Trinajstić information content (AvgIpc) is 2.18. The lowest BCUT2D eigenvalue weighted by Crippen LogP contribution is -2.14. The second-order valence-corrected chi connectivity index (χ2v) is 3.25. The van der Waals surface area contributed by atoms with Crippen LogP contribution >= 0.6 is 11.6 Å². The summed E-state index contributed by atoms with van der Waals surface area (Å²) in [5, 5.41) is 3.23. The molecule has 13 heavy (non-hydrogen) atoms. The second kappa shape index (κ2) is 5.02. The molecule has 0 aliphatic carbocycles. The zero-order chi connectivity index (χ0) is 9.68. The Morgan fingerprint density at radius 2 is 2.31 bits per heavy atom. The van der Waals surface area contributed by atoms with Crippen molar-refractivity contribution in [3.63, 3.8) is 0 Å². The van der Waals surface area contributed by atoms with Gasteiger partial charge in [0.05, 0.1) is 17.8 Å². The molecular weight excluding hydrogens is 186 g/mol. The second-order valence-electron chi connectivity index (χ2n) is 2.98. The molecule has 0 saturated carbocycles. The van der Waals surface area contributed by atoms with Crippen LogP contribution in [0.25, 0.3) is 0 Å². The van der Waals surface area contributed by atoms with Gasteiger partial charge in [0.15, 0.2) is 0 Å². The van der Waals surface area contributed by atoms with Gasteiger partial charge in [0, 0.05) is 12.2 Å². The van der Waals surface area contributed by atoms with Crippen molar-refractivity contribution in [2.24, 2.45) is 0 Å². The Bertz CT molecular complexity index is 265.